The summed E-state index contributed by atoms with van der Waals surface area (Å²) in [4.78, 5) is 13.6. The number of amides is 1. The lowest BCUT2D eigenvalue weighted by atomic mass is 9.79. The molecule has 3 atom stereocenters. The van der Waals surface area contributed by atoms with Crippen molar-refractivity contribution in [3.63, 3.8) is 0 Å². The predicted octanol–water partition coefficient (Wildman–Crippen LogP) is 1.70. The van der Waals surface area contributed by atoms with Gasteiger partial charge in [0.1, 0.15) is 11.4 Å². The monoisotopic (exact) mass is 323 g/mol. The summed E-state index contributed by atoms with van der Waals surface area (Å²) in [6.45, 7) is 5.67. The molecule has 23 heavy (non-hydrogen) atoms. The van der Waals surface area contributed by atoms with E-state index >= 15 is 0 Å². The van der Waals surface area contributed by atoms with E-state index in [0.717, 1.165) is 5.56 Å². The number of hydrogen-bond donors (Lipinski definition) is 3. The number of phenolic OH excluding ortho intramolecular Hbond substituents is 1. The first-order valence-electron chi connectivity index (χ1n) is 7.77. The maximum atomic E-state index is 12.2. The summed E-state index contributed by atoms with van der Waals surface area (Å²) >= 11 is 0. The first kappa shape index (κ1) is 17.6. The lowest BCUT2D eigenvalue weighted by molar-refractivity contribution is -0.0245. The average molecular weight is 323 g/mol. The van der Waals surface area contributed by atoms with Crippen LogP contribution >= 0.6 is 0 Å². The zero-order valence-corrected chi connectivity index (χ0v) is 13.8. The lowest BCUT2D eigenvalue weighted by Gasteiger charge is -2.41. The van der Waals surface area contributed by atoms with Gasteiger partial charge < -0.3 is 25.0 Å². The molecule has 1 aliphatic rings. The number of benzene rings is 1. The minimum Gasteiger partial charge on any atom is -0.508 e. The molecule has 2 rings (SSSR count). The molecule has 6 nitrogen and oxygen atoms in total. The molecular formula is C17H25NO5. The van der Waals surface area contributed by atoms with E-state index in [1.165, 1.54) is 4.90 Å². The summed E-state index contributed by atoms with van der Waals surface area (Å²) in [6, 6.07) is 6.57. The smallest absolute Gasteiger partial charge is 0.410 e. The van der Waals surface area contributed by atoms with Crippen molar-refractivity contribution in [3.05, 3.63) is 29.8 Å². The largest absolute Gasteiger partial charge is 0.508 e. The summed E-state index contributed by atoms with van der Waals surface area (Å²) in [7, 11) is 0. The summed E-state index contributed by atoms with van der Waals surface area (Å²) in [5, 5.41) is 29.6. The van der Waals surface area contributed by atoms with Gasteiger partial charge in [-0.2, -0.15) is 0 Å². The highest BCUT2D eigenvalue weighted by atomic mass is 16.6. The number of carbonyl (C=O) groups is 1. The van der Waals surface area contributed by atoms with Crippen LogP contribution in [0.5, 0.6) is 5.75 Å². The predicted molar refractivity (Wildman–Crippen MR) is 85.2 cm³/mol. The van der Waals surface area contributed by atoms with Gasteiger partial charge in [-0.25, -0.2) is 4.79 Å². The van der Waals surface area contributed by atoms with Gasteiger partial charge in [0.15, 0.2) is 0 Å². The molecule has 1 aliphatic heterocycles. The van der Waals surface area contributed by atoms with Gasteiger partial charge in [-0.15, -0.1) is 0 Å². The minimum atomic E-state index is -0.807. The van der Waals surface area contributed by atoms with Crippen LogP contribution < -0.4 is 0 Å². The van der Waals surface area contributed by atoms with E-state index < -0.39 is 17.8 Å². The molecule has 1 aromatic carbocycles. The van der Waals surface area contributed by atoms with Crippen molar-refractivity contribution in [1.82, 2.24) is 4.90 Å². The third-order valence-corrected chi connectivity index (χ3v) is 3.95. The summed E-state index contributed by atoms with van der Waals surface area (Å²) in [5.41, 5.74) is 0.225. The van der Waals surface area contributed by atoms with E-state index in [2.05, 4.69) is 0 Å². The van der Waals surface area contributed by atoms with Crippen molar-refractivity contribution in [2.45, 2.75) is 38.4 Å². The van der Waals surface area contributed by atoms with Crippen molar-refractivity contribution in [1.29, 1.82) is 0 Å². The molecule has 3 N–H and O–H groups in total. The number of aromatic hydroxyl groups is 1. The molecule has 0 saturated carbocycles. The normalized spacial score (nSPS) is 25.3. The topological polar surface area (TPSA) is 90.2 Å². The molecule has 1 saturated heterocycles. The molecule has 0 radical (unpaired) electrons. The van der Waals surface area contributed by atoms with E-state index in [0.29, 0.717) is 6.54 Å². The van der Waals surface area contributed by atoms with E-state index in [4.69, 9.17) is 4.74 Å². The number of β-amino-alcohol motifs (C(OH)–C–C–N with tert-alkyl or cyclic N) is 1. The molecule has 1 amide bonds. The first-order chi connectivity index (χ1) is 10.7. The Balaban J connectivity index is 2.15. The first-order valence-corrected chi connectivity index (χ1v) is 7.77. The average Bonchev–Trinajstić information content (AvgIpc) is 2.46. The van der Waals surface area contributed by atoms with Crippen LogP contribution in [0.3, 0.4) is 0 Å². The standard InChI is InChI=1S/C17H25NO5/c1-17(2,3)23-16(22)18-8-12(10-19)15(14(21)9-18)11-4-6-13(20)7-5-11/h4-7,12,14-15,19-21H,8-10H2,1-3H3. The lowest BCUT2D eigenvalue weighted by Crippen LogP contribution is -2.52. The van der Waals surface area contributed by atoms with Crippen LogP contribution in [0.25, 0.3) is 0 Å². The number of aliphatic hydroxyl groups excluding tert-OH is 2. The number of carbonyl (C=O) groups excluding carboxylic acids is 1. The number of ether oxygens (including phenoxy) is 1. The Morgan fingerprint density at radius 1 is 1.26 bits per heavy atom. The fourth-order valence-electron chi connectivity index (χ4n) is 2.96. The number of nitrogens with zero attached hydrogens (tertiary/aromatic N) is 1. The highest BCUT2D eigenvalue weighted by Crippen LogP contribution is 2.34. The van der Waals surface area contributed by atoms with E-state index in [-0.39, 0.29) is 30.7 Å². The number of piperidine rings is 1. The molecule has 0 aliphatic carbocycles. The van der Waals surface area contributed by atoms with Crippen molar-refractivity contribution >= 4 is 6.09 Å². The van der Waals surface area contributed by atoms with Gasteiger partial charge in [-0.05, 0) is 38.5 Å². The van der Waals surface area contributed by atoms with Crippen molar-refractivity contribution in [3.8, 4) is 5.75 Å². The SMILES string of the molecule is CC(C)(C)OC(=O)N1CC(O)C(c2ccc(O)cc2)C(CO)C1. The maximum absolute atomic E-state index is 12.2. The van der Waals surface area contributed by atoms with Crippen LogP contribution in [0.2, 0.25) is 0 Å². The van der Waals surface area contributed by atoms with Gasteiger partial charge in [0.05, 0.1) is 12.6 Å². The van der Waals surface area contributed by atoms with Crippen LogP contribution in [-0.2, 0) is 4.74 Å². The minimum absolute atomic E-state index is 0.148. The van der Waals surface area contributed by atoms with Crippen LogP contribution in [0.1, 0.15) is 32.3 Å². The number of likely N-dealkylation sites (tertiary alicyclic amines) is 1. The molecule has 0 bridgehead atoms. The molecule has 128 valence electrons. The zero-order chi connectivity index (χ0) is 17.2. The second-order valence-electron chi connectivity index (χ2n) is 7.01. The van der Waals surface area contributed by atoms with Gasteiger partial charge in [0.25, 0.3) is 0 Å². The van der Waals surface area contributed by atoms with Crippen LogP contribution in [0.15, 0.2) is 24.3 Å². The van der Waals surface area contributed by atoms with E-state index in [1.54, 1.807) is 45.0 Å². The van der Waals surface area contributed by atoms with E-state index in [9.17, 15) is 20.1 Å². The molecule has 1 fully saturated rings. The Bertz CT molecular complexity index is 537. The molecule has 1 aromatic rings. The van der Waals surface area contributed by atoms with Crippen LogP contribution in [-0.4, -0.2) is 57.7 Å². The van der Waals surface area contributed by atoms with E-state index in [1.807, 2.05) is 0 Å². The van der Waals surface area contributed by atoms with Crippen LogP contribution in [0.4, 0.5) is 4.79 Å². The third kappa shape index (κ3) is 4.36. The fraction of sp³-hybridized carbons (Fsp3) is 0.588. The second-order valence-corrected chi connectivity index (χ2v) is 7.01. The maximum Gasteiger partial charge on any atom is 0.410 e. The second kappa shape index (κ2) is 6.76. The van der Waals surface area contributed by atoms with Gasteiger partial charge in [-0.1, -0.05) is 12.1 Å². The zero-order valence-electron chi connectivity index (χ0n) is 13.8. The Hall–Kier alpha value is -1.79. The Morgan fingerprint density at radius 2 is 1.87 bits per heavy atom. The molecule has 6 heteroatoms. The van der Waals surface area contributed by atoms with Crippen molar-refractivity contribution in [2.24, 2.45) is 5.92 Å². The molecular weight excluding hydrogens is 298 g/mol. The van der Waals surface area contributed by atoms with Gasteiger partial charge >= 0.3 is 6.09 Å². The summed E-state index contributed by atoms with van der Waals surface area (Å²) in [5.74, 6) is -0.440. The molecule has 0 aromatic heterocycles. The Labute approximate surface area is 136 Å². The third-order valence-electron chi connectivity index (χ3n) is 3.95. The Morgan fingerprint density at radius 3 is 2.39 bits per heavy atom. The summed E-state index contributed by atoms with van der Waals surface area (Å²) in [6.07, 6.45) is -1.29. The van der Waals surface area contributed by atoms with Gasteiger partial charge in [-0.3, -0.25) is 0 Å². The van der Waals surface area contributed by atoms with Gasteiger partial charge in [0.2, 0.25) is 0 Å². The summed E-state index contributed by atoms with van der Waals surface area (Å²) < 4.78 is 5.34. The molecule has 3 unspecified atom stereocenters. The number of phenols is 1. The van der Waals surface area contributed by atoms with Crippen LogP contribution in [0, 0.1) is 5.92 Å². The number of aliphatic hydroxyl groups is 2. The number of hydrogen-bond acceptors (Lipinski definition) is 5. The van der Waals surface area contributed by atoms with Crippen molar-refractivity contribution in [2.75, 3.05) is 19.7 Å². The molecule has 0 spiro atoms. The molecule has 1 heterocycles. The highest BCUT2D eigenvalue weighted by molar-refractivity contribution is 5.68. The quantitative estimate of drug-likeness (QED) is 0.770. The fourth-order valence-corrected chi connectivity index (χ4v) is 2.96. The highest BCUT2D eigenvalue weighted by Gasteiger charge is 2.39. The van der Waals surface area contributed by atoms with Gasteiger partial charge in [0, 0.05) is 25.0 Å². The van der Waals surface area contributed by atoms with Crippen molar-refractivity contribution < 1.29 is 24.9 Å². The number of rotatable bonds is 2. The Kier molecular flexibility index (Phi) is 5.16.